The van der Waals surface area contributed by atoms with Gasteiger partial charge in [-0.15, -0.1) is 0 Å². The number of nitrogens with one attached hydrogen (secondary N) is 1. The first-order valence-electron chi connectivity index (χ1n) is 9.42. The molecule has 3 aromatic carbocycles. The highest BCUT2D eigenvalue weighted by molar-refractivity contribution is 7.89. The largest absolute Gasteiger partial charge is 0.460 e. The summed E-state index contributed by atoms with van der Waals surface area (Å²) in [7, 11) is -3.85. The highest BCUT2D eigenvalue weighted by Crippen LogP contribution is 2.24. The molecule has 0 fully saturated rings. The van der Waals surface area contributed by atoms with Crippen molar-refractivity contribution in [2.75, 3.05) is 0 Å². The highest BCUT2D eigenvalue weighted by atomic mass is 32.2. The first-order chi connectivity index (χ1) is 13.6. The van der Waals surface area contributed by atoms with Crippen LogP contribution in [0.2, 0.25) is 0 Å². The maximum atomic E-state index is 13.1. The zero-order valence-electron chi connectivity index (χ0n) is 16.8. The lowest BCUT2D eigenvalue weighted by Gasteiger charge is -2.23. The zero-order valence-corrected chi connectivity index (χ0v) is 17.6. The average Bonchev–Trinajstić information content (AvgIpc) is 2.66. The smallest absolute Gasteiger partial charge is 0.308 e. The van der Waals surface area contributed by atoms with Gasteiger partial charge in [0.05, 0.1) is 17.4 Å². The van der Waals surface area contributed by atoms with Gasteiger partial charge in [-0.25, -0.2) is 13.1 Å². The van der Waals surface area contributed by atoms with E-state index in [1.54, 1.807) is 51.1 Å². The Morgan fingerprint density at radius 3 is 2.21 bits per heavy atom. The minimum atomic E-state index is -3.85. The van der Waals surface area contributed by atoms with Crippen LogP contribution in [0.3, 0.4) is 0 Å². The molecule has 1 N–H and O–H groups in total. The third kappa shape index (κ3) is 5.65. The summed E-state index contributed by atoms with van der Waals surface area (Å²) in [5.74, 6) is -0.465. The summed E-state index contributed by atoms with van der Waals surface area (Å²) in [4.78, 5) is 12.5. The van der Waals surface area contributed by atoms with E-state index in [1.807, 2.05) is 42.5 Å². The molecule has 0 radical (unpaired) electrons. The summed E-state index contributed by atoms with van der Waals surface area (Å²) in [6.07, 6.45) is -0.103. The van der Waals surface area contributed by atoms with Crippen molar-refractivity contribution in [2.45, 2.75) is 43.7 Å². The van der Waals surface area contributed by atoms with E-state index in [-0.39, 0.29) is 11.3 Å². The number of carbonyl (C=O) groups excluding carboxylic acids is 1. The van der Waals surface area contributed by atoms with E-state index in [4.69, 9.17) is 4.74 Å². The van der Waals surface area contributed by atoms with Gasteiger partial charge >= 0.3 is 5.97 Å². The topological polar surface area (TPSA) is 72.5 Å². The molecule has 6 heteroatoms. The number of hydrogen-bond acceptors (Lipinski definition) is 4. The highest BCUT2D eigenvalue weighted by Gasteiger charge is 2.26. The molecule has 0 heterocycles. The van der Waals surface area contributed by atoms with Gasteiger partial charge in [0.1, 0.15) is 5.60 Å². The lowest BCUT2D eigenvalue weighted by atomic mass is 10.0. The van der Waals surface area contributed by atoms with Crippen LogP contribution < -0.4 is 4.72 Å². The molecule has 0 amide bonds. The van der Waals surface area contributed by atoms with Crippen molar-refractivity contribution < 1.29 is 17.9 Å². The Labute approximate surface area is 171 Å². The van der Waals surface area contributed by atoms with Crippen LogP contribution in [0.1, 0.15) is 38.8 Å². The van der Waals surface area contributed by atoms with Crippen molar-refractivity contribution in [2.24, 2.45) is 0 Å². The van der Waals surface area contributed by atoms with E-state index in [0.29, 0.717) is 5.56 Å². The van der Waals surface area contributed by atoms with Crippen molar-refractivity contribution >= 4 is 26.8 Å². The fraction of sp³-hybridized carbons (Fsp3) is 0.261. The zero-order chi connectivity index (χ0) is 21.1. The number of benzene rings is 3. The van der Waals surface area contributed by atoms with E-state index < -0.39 is 27.6 Å². The van der Waals surface area contributed by atoms with E-state index in [0.717, 1.165) is 10.8 Å². The number of esters is 1. The third-order valence-corrected chi connectivity index (χ3v) is 5.79. The molecule has 0 aliphatic heterocycles. The fourth-order valence-corrected chi connectivity index (χ4v) is 4.31. The molecule has 0 aromatic heterocycles. The van der Waals surface area contributed by atoms with Gasteiger partial charge in [-0.1, -0.05) is 60.7 Å². The molecule has 0 bridgehead atoms. The van der Waals surface area contributed by atoms with Crippen molar-refractivity contribution in [3.05, 3.63) is 78.4 Å². The molecule has 29 heavy (non-hydrogen) atoms. The standard InChI is InChI=1S/C23H25NO4S/c1-23(2,3)28-22(25)16-21(18-10-5-4-6-11-18)24-29(26,27)20-14-13-17-9-7-8-12-19(17)15-20/h4-15,21,24H,16H2,1-3H3. The minimum Gasteiger partial charge on any atom is -0.460 e. The van der Waals surface area contributed by atoms with Crippen LogP contribution in [0.25, 0.3) is 10.8 Å². The summed E-state index contributed by atoms with van der Waals surface area (Å²) >= 11 is 0. The molecule has 5 nitrogen and oxygen atoms in total. The van der Waals surface area contributed by atoms with Gasteiger partial charge in [0, 0.05) is 0 Å². The second-order valence-corrected chi connectivity index (χ2v) is 9.60. The van der Waals surface area contributed by atoms with E-state index in [1.165, 1.54) is 0 Å². The van der Waals surface area contributed by atoms with Crippen LogP contribution in [0.15, 0.2) is 77.7 Å². The second-order valence-electron chi connectivity index (χ2n) is 7.88. The SMILES string of the molecule is CC(C)(C)OC(=O)CC(NS(=O)(=O)c1ccc2ccccc2c1)c1ccccc1. The van der Waals surface area contributed by atoms with Crippen molar-refractivity contribution in [1.82, 2.24) is 4.72 Å². The van der Waals surface area contributed by atoms with Crippen LogP contribution in [-0.2, 0) is 19.6 Å². The van der Waals surface area contributed by atoms with Crippen LogP contribution in [0.4, 0.5) is 0 Å². The van der Waals surface area contributed by atoms with Gasteiger partial charge in [-0.05, 0) is 49.2 Å². The first kappa shape index (κ1) is 21.0. The molecule has 0 saturated heterocycles. The number of ether oxygens (including phenoxy) is 1. The lowest BCUT2D eigenvalue weighted by molar-refractivity contribution is -0.155. The van der Waals surface area contributed by atoms with Crippen molar-refractivity contribution in [3.63, 3.8) is 0 Å². The Morgan fingerprint density at radius 2 is 1.55 bits per heavy atom. The average molecular weight is 412 g/mol. The third-order valence-electron chi connectivity index (χ3n) is 4.32. The predicted octanol–water partition coefficient (Wildman–Crippen LogP) is 4.59. The normalized spacial score (nSPS) is 13.2. The molecule has 3 aromatic rings. The molecule has 0 spiro atoms. The monoisotopic (exact) mass is 411 g/mol. The molecule has 1 atom stereocenters. The van der Waals surface area contributed by atoms with Crippen LogP contribution in [-0.4, -0.2) is 20.0 Å². The summed E-state index contributed by atoms with van der Waals surface area (Å²) in [5.41, 5.74) is 0.0537. The van der Waals surface area contributed by atoms with Gasteiger partial charge in [-0.3, -0.25) is 4.79 Å². The second kappa shape index (κ2) is 8.35. The van der Waals surface area contributed by atoms with E-state index >= 15 is 0 Å². The maximum Gasteiger partial charge on any atom is 0.308 e. The van der Waals surface area contributed by atoms with Crippen LogP contribution in [0.5, 0.6) is 0 Å². The summed E-state index contributed by atoms with van der Waals surface area (Å²) < 4.78 is 34.2. The first-order valence-corrected chi connectivity index (χ1v) is 10.9. The Balaban J connectivity index is 1.90. The number of hydrogen-bond donors (Lipinski definition) is 1. The summed E-state index contributed by atoms with van der Waals surface area (Å²) in [6.45, 7) is 5.34. The Morgan fingerprint density at radius 1 is 0.931 bits per heavy atom. The van der Waals surface area contributed by atoms with Gasteiger partial charge in [0.15, 0.2) is 0 Å². The van der Waals surface area contributed by atoms with Crippen LogP contribution in [0, 0.1) is 0 Å². The molecule has 0 aliphatic carbocycles. The van der Waals surface area contributed by atoms with Gasteiger partial charge in [-0.2, -0.15) is 0 Å². The fourth-order valence-electron chi connectivity index (χ4n) is 3.05. The number of carbonyl (C=O) groups is 1. The van der Waals surface area contributed by atoms with Gasteiger partial charge < -0.3 is 4.74 Å². The van der Waals surface area contributed by atoms with E-state index in [9.17, 15) is 13.2 Å². The Bertz CT molecular complexity index is 1100. The van der Waals surface area contributed by atoms with Gasteiger partial charge in [0.25, 0.3) is 0 Å². The maximum absolute atomic E-state index is 13.1. The summed E-state index contributed by atoms with van der Waals surface area (Å²) in [5, 5.41) is 1.79. The molecule has 0 saturated carbocycles. The lowest BCUT2D eigenvalue weighted by Crippen LogP contribution is -2.32. The molecular formula is C23H25NO4S. The predicted molar refractivity (Wildman–Crippen MR) is 114 cm³/mol. The molecule has 3 rings (SSSR count). The van der Waals surface area contributed by atoms with Crippen LogP contribution >= 0.6 is 0 Å². The summed E-state index contributed by atoms with van der Waals surface area (Å²) in [6, 6.07) is 20.8. The van der Waals surface area contributed by atoms with Crippen molar-refractivity contribution in [1.29, 1.82) is 0 Å². The Hall–Kier alpha value is -2.70. The molecular weight excluding hydrogens is 386 g/mol. The van der Waals surface area contributed by atoms with Crippen molar-refractivity contribution in [3.8, 4) is 0 Å². The number of fused-ring (bicyclic) bond motifs is 1. The van der Waals surface area contributed by atoms with E-state index in [2.05, 4.69) is 4.72 Å². The molecule has 1 unspecified atom stereocenters. The quantitative estimate of drug-likeness (QED) is 0.602. The number of sulfonamides is 1. The number of rotatable bonds is 6. The Kier molecular flexibility index (Phi) is 6.05. The minimum absolute atomic E-state index is 0.103. The molecule has 152 valence electrons. The molecule has 0 aliphatic rings. The van der Waals surface area contributed by atoms with Gasteiger partial charge in [0.2, 0.25) is 10.0 Å².